The van der Waals surface area contributed by atoms with Crippen molar-refractivity contribution in [1.82, 2.24) is 15.1 Å². The van der Waals surface area contributed by atoms with Crippen molar-refractivity contribution in [2.75, 3.05) is 17.2 Å². The molecule has 0 radical (unpaired) electrons. The lowest BCUT2D eigenvalue weighted by Crippen LogP contribution is -2.33. The number of rotatable bonds is 6. The van der Waals surface area contributed by atoms with Gasteiger partial charge in [0.2, 0.25) is 22.9 Å². The molecule has 0 N–H and O–H groups in total. The van der Waals surface area contributed by atoms with Gasteiger partial charge in [-0.3, -0.25) is 24.2 Å². The highest BCUT2D eigenvalue weighted by Gasteiger charge is 2.35. The molecule has 1 aromatic rings. The summed E-state index contributed by atoms with van der Waals surface area (Å²) in [5.74, 6) is -0.0511. The van der Waals surface area contributed by atoms with E-state index in [-0.39, 0.29) is 29.5 Å². The maximum absolute atomic E-state index is 12.0. The predicted molar refractivity (Wildman–Crippen MR) is 87.4 cm³/mol. The van der Waals surface area contributed by atoms with Crippen LogP contribution in [0.4, 0.5) is 5.13 Å². The van der Waals surface area contributed by atoms with Crippen LogP contribution >= 0.6 is 23.1 Å². The van der Waals surface area contributed by atoms with Crippen molar-refractivity contribution in [3.63, 3.8) is 0 Å². The first-order chi connectivity index (χ1) is 11.1. The number of amides is 3. The summed E-state index contributed by atoms with van der Waals surface area (Å²) in [6.45, 7) is 2.35. The molecular weight excluding hydrogens is 336 g/mol. The summed E-state index contributed by atoms with van der Waals surface area (Å²) >= 11 is 2.60. The van der Waals surface area contributed by atoms with Gasteiger partial charge in [0.1, 0.15) is 0 Å². The predicted octanol–water partition coefficient (Wildman–Crippen LogP) is 1.68. The summed E-state index contributed by atoms with van der Waals surface area (Å²) in [4.78, 5) is 38.6. The maximum Gasteiger partial charge on any atom is 0.239 e. The summed E-state index contributed by atoms with van der Waals surface area (Å²) in [6, 6.07) is 0.247. The fraction of sp³-hybridized carbons (Fsp3) is 0.643. The normalized spacial score (nSPS) is 17.6. The monoisotopic (exact) mass is 354 g/mol. The van der Waals surface area contributed by atoms with Gasteiger partial charge in [0.05, 0.1) is 5.75 Å². The van der Waals surface area contributed by atoms with E-state index in [1.54, 1.807) is 4.90 Å². The summed E-state index contributed by atoms with van der Waals surface area (Å²) in [5, 5.41) is 8.76. The quantitative estimate of drug-likeness (QED) is 0.571. The van der Waals surface area contributed by atoms with E-state index in [0.29, 0.717) is 28.9 Å². The van der Waals surface area contributed by atoms with Gasteiger partial charge in [0.25, 0.3) is 0 Å². The standard InChI is InChI=1S/C14H18N4O3S2/c1-2-10(19)18(9-5-6-9)13-15-16-14(23-13)22-8-12(21)17-7-3-4-11(17)20/h9H,2-8H2,1H3. The van der Waals surface area contributed by atoms with Crippen molar-refractivity contribution in [2.45, 2.75) is 49.4 Å². The summed E-state index contributed by atoms with van der Waals surface area (Å²) in [5.41, 5.74) is 0. The molecule has 1 aliphatic carbocycles. The SMILES string of the molecule is CCC(=O)N(c1nnc(SCC(=O)N2CCCC2=O)s1)C1CC1. The van der Waals surface area contributed by atoms with Crippen LogP contribution in [0, 0.1) is 0 Å². The fourth-order valence-electron chi connectivity index (χ4n) is 2.44. The zero-order valence-electron chi connectivity index (χ0n) is 12.9. The molecule has 1 aliphatic heterocycles. The number of aromatic nitrogens is 2. The van der Waals surface area contributed by atoms with Gasteiger partial charge < -0.3 is 0 Å². The second-order valence-electron chi connectivity index (χ2n) is 5.53. The Bertz CT molecular complexity index is 629. The number of hydrogen-bond acceptors (Lipinski definition) is 7. The molecule has 1 aromatic heterocycles. The molecule has 124 valence electrons. The van der Waals surface area contributed by atoms with Crippen molar-refractivity contribution in [3.8, 4) is 0 Å². The molecule has 0 atom stereocenters. The zero-order valence-corrected chi connectivity index (χ0v) is 14.5. The highest BCUT2D eigenvalue weighted by molar-refractivity contribution is 8.01. The van der Waals surface area contributed by atoms with Gasteiger partial charge in [-0.15, -0.1) is 10.2 Å². The molecule has 0 aromatic carbocycles. The van der Waals surface area contributed by atoms with E-state index in [2.05, 4.69) is 10.2 Å². The molecule has 2 heterocycles. The second kappa shape index (κ2) is 6.96. The van der Waals surface area contributed by atoms with E-state index in [1.807, 2.05) is 6.92 Å². The van der Waals surface area contributed by atoms with E-state index in [4.69, 9.17) is 0 Å². The Hall–Kier alpha value is -1.48. The van der Waals surface area contributed by atoms with Gasteiger partial charge in [-0.05, 0) is 19.3 Å². The van der Waals surface area contributed by atoms with Crippen molar-refractivity contribution in [2.24, 2.45) is 0 Å². The van der Waals surface area contributed by atoms with E-state index >= 15 is 0 Å². The Morgan fingerprint density at radius 3 is 2.78 bits per heavy atom. The third kappa shape index (κ3) is 3.72. The van der Waals surface area contributed by atoms with Crippen LogP contribution in [0.1, 0.15) is 39.0 Å². The highest BCUT2D eigenvalue weighted by atomic mass is 32.2. The smallest absolute Gasteiger partial charge is 0.239 e. The molecule has 0 bridgehead atoms. The Balaban J connectivity index is 1.59. The number of thioether (sulfide) groups is 1. The average Bonchev–Trinajstić information content (AvgIpc) is 3.10. The number of hydrogen-bond donors (Lipinski definition) is 0. The Morgan fingerprint density at radius 2 is 2.17 bits per heavy atom. The van der Waals surface area contributed by atoms with Crippen molar-refractivity contribution >= 4 is 46.0 Å². The molecule has 3 amide bonds. The molecular formula is C14H18N4O3S2. The molecule has 1 saturated carbocycles. The van der Waals surface area contributed by atoms with Gasteiger partial charge >= 0.3 is 0 Å². The van der Waals surface area contributed by atoms with Crippen LogP contribution in [0.15, 0.2) is 4.34 Å². The Labute approximate surface area is 142 Å². The van der Waals surface area contributed by atoms with Crippen LogP contribution in [0.3, 0.4) is 0 Å². The molecule has 2 fully saturated rings. The maximum atomic E-state index is 12.0. The van der Waals surface area contributed by atoms with E-state index in [0.717, 1.165) is 19.3 Å². The molecule has 9 heteroatoms. The topological polar surface area (TPSA) is 83.5 Å². The van der Waals surface area contributed by atoms with Crippen LogP contribution in [0.25, 0.3) is 0 Å². The molecule has 23 heavy (non-hydrogen) atoms. The fourth-order valence-corrected chi connectivity index (χ4v) is 4.25. The van der Waals surface area contributed by atoms with E-state index in [9.17, 15) is 14.4 Å². The zero-order chi connectivity index (χ0) is 16.4. The number of nitrogens with zero attached hydrogens (tertiary/aromatic N) is 4. The van der Waals surface area contributed by atoms with Crippen molar-refractivity contribution in [3.05, 3.63) is 0 Å². The number of likely N-dealkylation sites (tertiary alicyclic amines) is 1. The van der Waals surface area contributed by atoms with Gasteiger partial charge in [-0.2, -0.15) is 0 Å². The minimum atomic E-state index is -0.182. The molecule has 7 nitrogen and oxygen atoms in total. The van der Waals surface area contributed by atoms with Crippen molar-refractivity contribution in [1.29, 1.82) is 0 Å². The van der Waals surface area contributed by atoms with Crippen LogP contribution < -0.4 is 4.90 Å². The van der Waals surface area contributed by atoms with E-state index in [1.165, 1.54) is 28.0 Å². The molecule has 3 rings (SSSR count). The first kappa shape index (κ1) is 16.4. The first-order valence-corrected chi connectivity index (χ1v) is 9.52. The summed E-state index contributed by atoms with van der Waals surface area (Å²) in [6.07, 6.45) is 3.64. The van der Waals surface area contributed by atoms with Crippen LogP contribution in [0.2, 0.25) is 0 Å². The third-order valence-electron chi connectivity index (χ3n) is 3.78. The largest absolute Gasteiger partial charge is 0.284 e. The summed E-state index contributed by atoms with van der Waals surface area (Å²) in [7, 11) is 0. The molecule has 0 unspecified atom stereocenters. The lowest BCUT2D eigenvalue weighted by Gasteiger charge is -2.17. The minimum Gasteiger partial charge on any atom is -0.284 e. The molecule has 0 spiro atoms. The number of anilines is 1. The van der Waals surface area contributed by atoms with Gasteiger partial charge in [0, 0.05) is 25.4 Å². The van der Waals surface area contributed by atoms with Gasteiger partial charge in [-0.1, -0.05) is 30.0 Å². The Kier molecular flexibility index (Phi) is 4.96. The van der Waals surface area contributed by atoms with E-state index < -0.39 is 0 Å². The van der Waals surface area contributed by atoms with Gasteiger partial charge in [-0.25, -0.2) is 0 Å². The lowest BCUT2D eigenvalue weighted by molar-refractivity contribution is -0.140. The first-order valence-electron chi connectivity index (χ1n) is 7.71. The third-order valence-corrected chi connectivity index (χ3v) is 5.82. The average molecular weight is 354 g/mol. The van der Waals surface area contributed by atoms with Crippen LogP contribution in [-0.4, -0.2) is 51.2 Å². The highest BCUT2D eigenvalue weighted by Crippen LogP contribution is 2.36. The van der Waals surface area contributed by atoms with Crippen LogP contribution in [-0.2, 0) is 14.4 Å². The minimum absolute atomic E-state index is 0.0546. The van der Waals surface area contributed by atoms with Gasteiger partial charge in [0.15, 0.2) is 4.34 Å². The number of carbonyl (C=O) groups is 3. The molecule has 2 aliphatic rings. The lowest BCUT2D eigenvalue weighted by atomic mass is 10.4. The molecule has 1 saturated heterocycles. The second-order valence-corrected chi connectivity index (χ2v) is 7.71. The Morgan fingerprint density at radius 1 is 1.39 bits per heavy atom. The summed E-state index contributed by atoms with van der Waals surface area (Å²) < 4.78 is 0.648. The number of imide groups is 1. The number of carbonyl (C=O) groups excluding carboxylic acids is 3. The van der Waals surface area contributed by atoms with Crippen LogP contribution in [0.5, 0.6) is 0 Å². The van der Waals surface area contributed by atoms with Crippen molar-refractivity contribution < 1.29 is 14.4 Å².